The number of aliphatic carboxylic acids is 2. The van der Waals surface area contributed by atoms with Crippen LogP contribution in [0.4, 0.5) is 10.5 Å². The van der Waals surface area contributed by atoms with Gasteiger partial charge in [-0.25, -0.2) is 9.59 Å². The van der Waals surface area contributed by atoms with Gasteiger partial charge in [-0.05, 0) is 38.1 Å². The van der Waals surface area contributed by atoms with Crippen LogP contribution in [0.1, 0.15) is 20.3 Å². The van der Waals surface area contributed by atoms with Gasteiger partial charge >= 0.3 is 18.0 Å². The SMILES string of the molecule is COc1ccc(N2CCN(C(=O)NC(CC(=O)O)C(=O)O)CC2(C)C)cc1. The first-order valence-corrected chi connectivity index (χ1v) is 8.56. The Balaban J connectivity index is 2.05. The molecule has 0 spiro atoms. The Morgan fingerprint density at radius 3 is 2.30 bits per heavy atom. The van der Waals surface area contributed by atoms with Gasteiger partial charge in [0.05, 0.1) is 19.1 Å². The number of amides is 2. The van der Waals surface area contributed by atoms with Crippen molar-refractivity contribution in [3.05, 3.63) is 24.3 Å². The number of carbonyl (C=O) groups is 3. The molecule has 0 bridgehead atoms. The number of urea groups is 1. The molecule has 0 aromatic heterocycles. The van der Waals surface area contributed by atoms with Crippen LogP contribution >= 0.6 is 0 Å². The Morgan fingerprint density at radius 1 is 1.19 bits per heavy atom. The molecule has 1 unspecified atom stereocenters. The molecular weight excluding hydrogens is 354 g/mol. The van der Waals surface area contributed by atoms with E-state index in [9.17, 15) is 14.4 Å². The van der Waals surface area contributed by atoms with Gasteiger partial charge in [-0.1, -0.05) is 0 Å². The molecule has 3 N–H and O–H groups in total. The first-order chi connectivity index (χ1) is 12.6. The van der Waals surface area contributed by atoms with E-state index in [-0.39, 0.29) is 0 Å². The molecule has 0 aliphatic carbocycles. The standard InChI is InChI=1S/C18H25N3O6/c1-18(2)11-20(17(26)19-14(16(24)25)10-15(22)23)8-9-21(18)12-4-6-13(27-3)7-5-12/h4-7,14H,8-11H2,1-3H3,(H,19,26)(H,22,23)(H,24,25). The van der Waals surface area contributed by atoms with Crippen molar-refractivity contribution in [1.29, 1.82) is 0 Å². The molecule has 1 saturated heterocycles. The van der Waals surface area contributed by atoms with Gasteiger partial charge in [0.25, 0.3) is 0 Å². The summed E-state index contributed by atoms with van der Waals surface area (Å²) in [6.45, 7) is 5.29. The van der Waals surface area contributed by atoms with E-state index in [0.717, 1.165) is 11.4 Å². The minimum atomic E-state index is -1.46. The number of benzene rings is 1. The average Bonchev–Trinajstić information content (AvgIpc) is 2.60. The zero-order valence-electron chi connectivity index (χ0n) is 15.6. The number of carbonyl (C=O) groups excluding carboxylic acids is 1. The number of anilines is 1. The predicted octanol–water partition coefficient (Wildman–Crippen LogP) is 1.23. The normalized spacial score (nSPS) is 17.1. The van der Waals surface area contributed by atoms with E-state index in [1.165, 1.54) is 4.90 Å². The number of nitrogens with zero attached hydrogens (tertiary/aromatic N) is 2. The number of rotatable bonds is 6. The molecule has 1 fully saturated rings. The van der Waals surface area contributed by atoms with E-state index < -0.39 is 36.0 Å². The smallest absolute Gasteiger partial charge is 0.326 e. The molecule has 1 aromatic rings. The Bertz CT molecular complexity index is 704. The maximum Gasteiger partial charge on any atom is 0.326 e. The second-order valence-corrected chi connectivity index (χ2v) is 7.02. The molecule has 27 heavy (non-hydrogen) atoms. The second kappa shape index (κ2) is 8.15. The lowest BCUT2D eigenvalue weighted by atomic mass is 9.97. The summed E-state index contributed by atoms with van der Waals surface area (Å²) in [5.74, 6) is -1.90. The molecule has 0 saturated carbocycles. The van der Waals surface area contributed by atoms with Gasteiger partial charge in [0, 0.05) is 25.3 Å². The number of nitrogens with one attached hydrogen (secondary N) is 1. The fraction of sp³-hybridized carbons (Fsp3) is 0.500. The minimum absolute atomic E-state index is 0.365. The Morgan fingerprint density at radius 2 is 1.81 bits per heavy atom. The van der Waals surface area contributed by atoms with Crippen LogP contribution in [0.2, 0.25) is 0 Å². The molecule has 9 nitrogen and oxygen atoms in total. The van der Waals surface area contributed by atoms with Crippen LogP contribution in [0, 0.1) is 0 Å². The quantitative estimate of drug-likeness (QED) is 0.680. The highest BCUT2D eigenvalue weighted by Gasteiger charge is 2.37. The highest BCUT2D eigenvalue weighted by Crippen LogP contribution is 2.29. The van der Waals surface area contributed by atoms with Crippen molar-refractivity contribution < 1.29 is 29.3 Å². The molecule has 2 rings (SSSR count). The number of carboxylic acids is 2. The Hall–Kier alpha value is -2.97. The summed E-state index contributed by atoms with van der Waals surface area (Å²) in [4.78, 5) is 38.0. The maximum atomic E-state index is 12.4. The third kappa shape index (κ3) is 5.02. The molecule has 1 heterocycles. The largest absolute Gasteiger partial charge is 0.497 e. The summed E-state index contributed by atoms with van der Waals surface area (Å²) in [6, 6.07) is 5.60. The van der Waals surface area contributed by atoms with Crippen LogP contribution in [0.25, 0.3) is 0 Å². The Labute approximate surface area is 157 Å². The molecule has 1 aliphatic heterocycles. The van der Waals surface area contributed by atoms with E-state index in [4.69, 9.17) is 14.9 Å². The lowest BCUT2D eigenvalue weighted by Gasteiger charge is -2.48. The van der Waals surface area contributed by atoms with Crippen LogP contribution in [0.3, 0.4) is 0 Å². The number of hydrogen-bond donors (Lipinski definition) is 3. The molecule has 2 amide bonds. The molecule has 148 valence electrons. The summed E-state index contributed by atoms with van der Waals surface area (Å²) in [5, 5.41) is 20.2. The molecule has 0 radical (unpaired) electrons. The van der Waals surface area contributed by atoms with E-state index >= 15 is 0 Å². The molecule has 9 heteroatoms. The first kappa shape index (κ1) is 20.3. The zero-order valence-corrected chi connectivity index (χ0v) is 15.6. The zero-order chi connectivity index (χ0) is 20.2. The fourth-order valence-electron chi connectivity index (χ4n) is 3.18. The van der Waals surface area contributed by atoms with Gasteiger partial charge in [-0.3, -0.25) is 4.79 Å². The molecule has 1 aromatic carbocycles. The number of piperazine rings is 1. The molecule has 1 aliphatic rings. The van der Waals surface area contributed by atoms with Gasteiger partial charge in [-0.2, -0.15) is 0 Å². The topological polar surface area (TPSA) is 119 Å². The van der Waals surface area contributed by atoms with Crippen LogP contribution < -0.4 is 15.0 Å². The predicted molar refractivity (Wildman–Crippen MR) is 98.2 cm³/mol. The number of ether oxygens (including phenoxy) is 1. The van der Waals surface area contributed by atoms with Gasteiger partial charge in [-0.15, -0.1) is 0 Å². The second-order valence-electron chi connectivity index (χ2n) is 7.02. The summed E-state index contributed by atoms with van der Waals surface area (Å²) < 4.78 is 5.17. The summed E-state index contributed by atoms with van der Waals surface area (Å²) >= 11 is 0. The monoisotopic (exact) mass is 379 g/mol. The van der Waals surface area contributed by atoms with Crippen molar-refractivity contribution in [2.45, 2.75) is 31.8 Å². The van der Waals surface area contributed by atoms with Crippen molar-refractivity contribution in [3.8, 4) is 5.75 Å². The fourth-order valence-corrected chi connectivity index (χ4v) is 3.18. The minimum Gasteiger partial charge on any atom is -0.497 e. The number of carboxylic acid groups (broad SMARTS) is 2. The first-order valence-electron chi connectivity index (χ1n) is 8.56. The van der Waals surface area contributed by atoms with E-state index in [2.05, 4.69) is 10.2 Å². The third-order valence-corrected chi connectivity index (χ3v) is 4.55. The lowest BCUT2D eigenvalue weighted by Crippen LogP contribution is -2.63. The van der Waals surface area contributed by atoms with E-state index in [1.807, 2.05) is 38.1 Å². The van der Waals surface area contributed by atoms with Gasteiger partial charge < -0.3 is 30.1 Å². The maximum absolute atomic E-state index is 12.4. The highest BCUT2D eigenvalue weighted by atomic mass is 16.5. The number of methoxy groups -OCH3 is 1. The summed E-state index contributed by atoms with van der Waals surface area (Å²) in [5.41, 5.74) is 0.602. The Kier molecular flexibility index (Phi) is 6.14. The molecule has 1 atom stereocenters. The van der Waals surface area contributed by atoms with Crippen molar-refractivity contribution >= 4 is 23.7 Å². The van der Waals surface area contributed by atoms with E-state index in [0.29, 0.717) is 19.6 Å². The summed E-state index contributed by atoms with van der Waals surface area (Å²) in [7, 11) is 1.60. The van der Waals surface area contributed by atoms with Crippen LogP contribution in [-0.2, 0) is 9.59 Å². The number of hydrogen-bond acceptors (Lipinski definition) is 5. The lowest BCUT2D eigenvalue weighted by molar-refractivity contribution is -0.145. The van der Waals surface area contributed by atoms with Gasteiger partial charge in [0.2, 0.25) is 0 Å². The highest BCUT2D eigenvalue weighted by molar-refractivity contribution is 5.86. The van der Waals surface area contributed by atoms with Crippen LogP contribution in [-0.4, -0.2) is 71.4 Å². The van der Waals surface area contributed by atoms with Gasteiger partial charge in [0.1, 0.15) is 11.8 Å². The van der Waals surface area contributed by atoms with Crippen molar-refractivity contribution in [2.75, 3.05) is 31.6 Å². The van der Waals surface area contributed by atoms with Crippen molar-refractivity contribution in [3.63, 3.8) is 0 Å². The average molecular weight is 379 g/mol. The summed E-state index contributed by atoms with van der Waals surface area (Å²) in [6.07, 6.45) is -0.670. The van der Waals surface area contributed by atoms with E-state index in [1.54, 1.807) is 7.11 Å². The van der Waals surface area contributed by atoms with Crippen molar-refractivity contribution in [1.82, 2.24) is 10.2 Å². The third-order valence-electron chi connectivity index (χ3n) is 4.55. The van der Waals surface area contributed by atoms with Gasteiger partial charge in [0.15, 0.2) is 0 Å². The van der Waals surface area contributed by atoms with Crippen molar-refractivity contribution in [2.24, 2.45) is 0 Å². The van der Waals surface area contributed by atoms with Crippen LogP contribution in [0.5, 0.6) is 5.75 Å². The molecular formula is C18H25N3O6. The van der Waals surface area contributed by atoms with Crippen LogP contribution in [0.15, 0.2) is 24.3 Å².